The Morgan fingerprint density at radius 2 is 1.87 bits per heavy atom. The van der Waals surface area contributed by atoms with Crippen molar-refractivity contribution in [3.8, 4) is 0 Å². The van der Waals surface area contributed by atoms with Crippen LogP contribution in [0.1, 0.15) is 25.3 Å². The van der Waals surface area contributed by atoms with Crippen LogP contribution >= 0.6 is 0 Å². The summed E-state index contributed by atoms with van der Waals surface area (Å²) in [5, 5.41) is 7.18. The molecule has 8 heteroatoms. The van der Waals surface area contributed by atoms with Gasteiger partial charge in [0.25, 0.3) is 0 Å². The summed E-state index contributed by atoms with van der Waals surface area (Å²) in [5.74, 6) is -2.23. The van der Waals surface area contributed by atoms with Gasteiger partial charge in [0, 0.05) is 25.1 Å². The standard InChI is InChI=1S/C15H20F3N3O2/c1-9(12-4-3-11(17)7-13(12)18)8-20-15(23)21-10(2)14(22)19-6-5-16/h3-4,7,9-10H,5-6,8H2,1-2H3,(H,19,22)(H2,20,21,23)/t9-,10-/m1/s1. The molecule has 23 heavy (non-hydrogen) atoms. The highest BCUT2D eigenvalue weighted by Crippen LogP contribution is 2.18. The summed E-state index contributed by atoms with van der Waals surface area (Å²) in [6, 6.07) is 1.80. The predicted octanol–water partition coefficient (Wildman–Crippen LogP) is 1.84. The van der Waals surface area contributed by atoms with Gasteiger partial charge in [-0.1, -0.05) is 13.0 Å². The fraction of sp³-hybridized carbons (Fsp3) is 0.467. The molecule has 1 rings (SSSR count). The molecule has 0 aliphatic rings. The highest BCUT2D eigenvalue weighted by Gasteiger charge is 2.16. The first-order valence-electron chi connectivity index (χ1n) is 7.18. The topological polar surface area (TPSA) is 70.2 Å². The van der Waals surface area contributed by atoms with E-state index in [0.29, 0.717) is 0 Å². The van der Waals surface area contributed by atoms with Gasteiger partial charge >= 0.3 is 6.03 Å². The van der Waals surface area contributed by atoms with Crippen molar-refractivity contribution < 1.29 is 22.8 Å². The van der Waals surface area contributed by atoms with Crippen molar-refractivity contribution in [2.24, 2.45) is 0 Å². The number of urea groups is 1. The van der Waals surface area contributed by atoms with Gasteiger partial charge in [-0.3, -0.25) is 4.79 Å². The van der Waals surface area contributed by atoms with Crippen LogP contribution in [0.4, 0.5) is 18.0 Å². The summed E-state index contributed by atoms with van der Waals surface area (Å²) in [4.78, 5) is 23.1. The van der Waals surface area contributed by atoms with Gasteiger partial charge in [0.1, 0.15) is 24.4 Å². The van der Waals surface area contributed by atoms with E-state index >= 15 is 0 Å². The van der Waals surface area contributed by atoms with E-state index in [2.05, 4.69) is 16.0 Å². The number of carbonyl (C=O) groups excluding carboxylic acids is 2. The third kappa shape index (κ3) is 6.17. The Balaban J connectivity index is 2.44. The fourth-order valence-corrected chi connectivity index (χ4v) is 1.89. The van der Waals surface area contributed by atoms with E-state index in [1.165, 1.54) is 13.0 Å². The number of nitrogens with one attached hydrogen (secondary N) is 3. The molecular formula is C15H20F3N3O2. The van der Waals surface area contributed by atoms with Crippen LogP contribution in [0.25, 0.3) is 0 Å². The molecule has 0 spiro atoms. The van der Waals surface area contributed by atoms with Crippen LogP contribution in [0.15, 0.2) is 18.2 Å². The Bertz CT molecular complexity index is 555. The summed E-state index contributed by atoms with van der Waals surface area (Å²) in [6.07, 6.45) is 0. The molecule has 0 aromatic heterocycles. The highest BCUT2D eigenvalue weighted by atomic mass is 19.1. The molecule has 0 heterocycles. The maximum absolute atomic E-state index is 13.6. The Hall–Kier alpha value is -2.25. The molecule has 1 aromatic carbocycles. The van der Waals surface area contributed by atoms with Gasteiger partial charge in [0.2, 0.25) is 5.91 Å². The van der Waals surface area contributed by atoms with E-state index < -0.39 is 36.3 Å². The van der Waals surface area contributed by atoms with Gasteiger partial charge in [-0.05, 0) is 18.6 Å². The zero-order chi connectivity index (χ0) is 17.4. The van der Waals surface area contributed by atoms with Crippen molar-refractivity contribution in [2.75, 3.05) is 19.8 Å². The molecule has 0 unspecified atom stereocenters. The molecule has 1 aromatic rings. The largest absolute Gasteiger partial charge is 0.352 e. The fourth-order valence-electron chi connectivity index (χ4n) is 1.89. The van der Waals surface area contributed by atoms with Crippen LogP contribution in [0.3, 0.4) is 0 Å². The van der Waals surface area contributed by atoms with Crippen molar-refractivity contribution in [1.29, 1.82) is 0 Å². The first-order valence-corrected chi connectivity index (χ1v) is 7.18. The molecule has 0 fully saturated rings. The van der Waals surface area contributed by atoms with Crippen LogP contribution < -0.4 is 16.0 Å². The zero-order valence-electron chi connectivity index (χ0n) is 13.0. The number of benzene rings is 1. The van der Waals surface area contributed by atoms with E-state index in [1.807, 2.05) is 0 Å². The number of hydrogen-bond acceptors (Lipinski definition) is 2. The number of alkyl halides is 1. The summed E-state index contributed by atoms with van der Waals surface area (Å²) in [6.45, 7) is 2.43. The van der Waals surface area contributed by atoms with Crippen molar-refractivity contribution in [3.63, 3.8) is 0 Å². The number of carbonyl (C=O) groups is 2. The molecular weight excluding hydrogens is 311 g/mol. The summed E-state index contributed by atoms with van der Waals surface area (Å²) in [7, 11) is 0. The number of rotatable bonds is 7. The van der Waals surface area contributed by atoms with E-state index in [4.69, 9.17) is 0 Å². The van der Waals surface area contributed by atoms with Gasteiger partial charge in [0.15, 0.2) is 0 Å². The second kappa shape index (κ2) is 9.02. The minimum atomic E-state index is -0.834. The van der Waals surface area contributed by atoms with E-state index in [9.17, 15) is 22.8 Å². The first kappa shape index (κ1) is 18.8. The molecule has 3 N–H and O–H groups in total. The van der Waals surface area contributed by atoms with Crippen LogP contribution in [-0.4, -0.2) is 37.7 Å². The molecule has 0 aliphatic carbocycles. The van der Waals surface area contributed by atoms with Gasteiger partial charge in [-0.25, -0.2) is 18.0 Å². The molecule has 0 radical (unpaired) electrons. The Kier molecular flexibility index (Phi) is 7.37. The van der Waals surface area contributed by atoms with E-state index in [0.717, 1.165) is 12.1 Å². The normalized spacial score (nSPS) is 13.1. The van der Waals surface area contributed by atoms with E-state index in [-0.39, 0.29) is 24.6 Å². The van der Waals surface area contributed by atoms with Gasteiger partial charge in [-0.15, -0.1) is 0 Å². The summed E-state index contributed by atoms with van der Waals surface area (Å²) < 4.78 is 38.4. The first-order chi connectivity index (χ1) is 10.8. The molecule has 128 valence electrons. The number of amides is 3. The lowest BCUT2D eigenvalue weighted by atomic mass is 10.0. The lowest BCUT2D eigenvalue weighted by Crippen LogP contribution is -2.49. The minimum absolute atomic E-state index is 0.104. The SMILES string of the molecule is C[C@H](CNC(=O)N[C@H](C)C(=O)NCCF)c1ccc(F)cc1F. The maximum atomic E-state index is 13.6. The maximum Gasteiger partial charge on any atom is 0.315 e. The zero-order valence-corrected chi connectivity index (χ0v) is 13.0. The predicted molar refractivity (Wildman–Crippen MR) is 79.8 cm³/mol. The second-order valence-electron chi connectivity index (χ2n) is 5.12. The lowest BCUT2D eigenvalue weighted by Gasteiger charge is -2.17. The second-order valence-corrected chi connectivity index (χ2v) is 5.12. The molecule has 0 aliphatic heterocycles. The third-order valence-corrected chi connectivity index (χ3v) is 3.20. The summed E-state index contributed by atoms with van der Waals surface area (Å²) >= 11 is 0. The third-order valence-electron chi connectivity index (χ3n) is 3.20. The molecule has 0 saturated heterocycles. The molecule has 2 atom stereocenters. The van der Waals surface area contributed by atoms with Gasteiger partial charge in [-0.2, -0.15) is 0 Å². The Morgan fingerprint density at radius 1 is 1.17 bits per heavy atom. The van der Waals surface area contributed by atoms with Crippen LogP contribution in [0, 0.1) is 11.6 Å². The lowest BCUT2D eigenvalue weighted by molar-refractivity contribution is -0.122. The molecule has 5 nitrogen and oxygen atoms in total. The van der Waals surface area contributed by atoms with Crippen molar-refractivity contribution in [3.05, 3.63) is 35.4 Å². The summed E-state index contributed by atoms with van der Waals surface area (Å²) in [5.41, 5.74) is 0.278. The molecule has 0 bridgehead atoms. The van der Waals surface area contributed by atoms with Crippen LogP contribution in [0.2, 0.25) is 0 Å². The van der Waals surface area contributed by atoms with Crippen molar-refractivity contribution in [2.45, 2.75) is 25.8 Å². The smallest absolute Gasteiger partial charge is 0.315 e. The van der Waals surface area contributed by atoms with Crippen molar-refractivity contribution in [1.82, 2.24) is 16.0 Å². The van der Waals surface area contributed by atoms with Gasteiger partial charge < -0.3 is 16.0 Å². The van der Waals surface area contributed by atoms with Crippen LogP contribution in [-0.2, 0) is 4.79 Å². The molecule has 0 saturated carbocycles. The monoisotopic (exact) mass is 331 g/mol. The Morgan fingerprint density at radius 3 is 2.48 bits per heavy atom. The van der Waals surface area contributed by atoms with Gasteiger partial charge in [0.05, 0.1) is 0 Å². The number of hydrogen-bond donors (Lipinski definition) is 3. The Labute approximate surface area is 132 Å². The average molecular weight is 331 g/mol. The molecule has 3 amide bonds. The van der Waals surface area contributed by atoms with Crippen LogP contribution in [0.5, 0.6) is 0 Å². The minimum Gasteiger partial charge on any atom is -0.352 e. The quantitative estimate of drug-likeness (QED) is 0.713. The van der Waals surface area contributed by atoms with E-state index in [1.54, 1.807) is 6.92 Å². The number of halogens is 3. The highest BCUT2D eigenvalue weighted by molar-refractivity contribution is 5.86. The average Bonchev–Trinajstić information content (AvgIpc) is 2.50. The van der Waals surface area contributed by atoms with Crippen molar-refractivity contribution >= 4 is 11.9 Å².